The summed E-state index contributed by atoms with van der Waals surface area (Å²) in [5.74, 6) is -0.413. The Balaban J connectivity index is 1.91. The van der Waals surface area contributed by atoms with E-state index in [2.05, 4.69) is 5.32 Å². The molecule has 1 aromatic carbocycles. The van der Waals surface area contributed by atoms with Crippen molar-refractivity contribution in [2.45, 2.75) is 0 Å². The Morgan fingerprint density at radius 1 is 1.20 bits per heavy atom. The minimum atomic E-state index is -0.582. The number of nitrogens with two attached hydrogens (primary N) is 2. The van der Waals surface area contributed by atoms with E-state index in [0.717, 1.165) is 0 Å². The van der Waals surface area contributed by atoms with Gasteiger partial charge in [0, 0.05) is 5.69 Å². The highest BCUT2D eigenvalue weighted by molar-refractivity contribution is 7.14. The molecule has 2 rings (SSSR count). The average Bonchev–Trinajstić information content (AvgIpc) is 2.86. The molecule has 0 saturated carbocycles. The molecular weight excluding hydrogens is 278 g/mol. The van der Waals surface area contributed by atoms with Crippen LogP contribution in [0, 0.1) is 0 Å². The molecule has 1 heterocycles. The zero-order chi connectivity index (χ0) is 14.5. The molecule has 7 heteroatoms. The standard InChI is InChI=1S/C13H13N3O3S/c14-8-1-3-9(4-2-8)19-7-11(17)16-13-10(12(15)18)5-6-20-13/h1-6H,7,14H2,(H2,15,18)(H,16,17). The highest BCUT2D eigenvalue weighted by Gasteiger charge is 2.12. The number of hydrogen-bond donors (Lipinski definition) is 3. The van der Waals surface area contributed by atoms with Crippen LogP contribution < -0.4 is 21.5 Å². The van der Waals surface area contributed by atoms with Gasteiger partial charge in [0.25, 0.3) is 11.8 Å². The van der Waals surface area contributed by atoms with Crippen LogP contribution in [-0.4, -0.2) is 18.4 Å². The minimum Gasteiger partial charge on any atom is -0.484 e. The molecule has 0 aliphatic carbocycles. The van der Waals surface area contributed by atoms with Crippen LogP contribution in [0.1, 0.15) is 10.4 Å². The SMILES string of the molecule is NC(=O)c1ccsc1NC(=O)COc1ccc(N)cc1. The Morgan fingerprint density at radius 3 is 2.55 bits per heavy atom. The predicted octanol–water partition coefficient (Wildman–Crippen LogP) is 1.45. The largest absolute Gasteiger partial charge is 0.484 e. The number of amides is 2. The summed E-state index contributed by atoms with van der Waals surface area (Å²) in [6.07, 6.45) is 0. The Hall–Kier alpha value is -2.54. The topological polar surface area (TPSA) is 107 Å². The number of carbonyl (C=O) groups is 2. The summed E-state index contributed by atoms with van der Waals surface area (Å²) in [6, 6.07) is 8.25. The molecule has 0 atom stereocenters. The summed E-state index contributed by atoms with van der Waals surface area (Å²) in [4.78, 5) is 22.8. The van der Waals surface area contributed by atoms with Crippen molar-refractivity contribution >= 4 is 33.8 Å². The van der Waals surface area contributed by atoms with Crippen molar-refractivity contribution in [3.05, 3.63) is 41.3 Å². The number of primary amides is 1. The van der Waals surface area contributed by atoms with Gasteiger partial charge in [-0.05, 0) is 35.7 Å². The highest BCUT2D eigenvalue weighted by atomic mass is 32.1. The van der Waals surface area contributed by atoms with Gasteiger partial charge in [0.05, 0.1) is 5.56 Å². The van der Waals surface area contributed by atoms with Gasteiger partial charge >= 0.3 is 0 Å². The van der Waals surface area contributed by atoms with E-state index in [1.54, 1.807) is 35.7 Å². The molecule has 2 amide bonds. The van der Waals surface area contributed by atoms with E-state index in [1.807, 2.05) is 0 Å². The lowest BCUT2D eigenvalue weighted by molar-refractivity contribution is -0.118. The fourth-order valence-electron chi connectivity index (χ4n) is 1.48. The molecule has 0 bridgehead atoms. The minimum absolute atomic E-state index is 0.167. The Bertz CT molecular complexity index is 622. The van der Waals surface area contributed by atoms with E-state index in [0.29, 0.717) is 16.4 Å². The molecule has 0 unspecified atom stereocenters. The van der Waals surface area contributed by atoms with Crippen LogP contribution in [0.4, 0.5) is 10.7 Å². The fraction of sp³-hybridized carbons (Fsp3) is 0.0769. The number of hydrogen-bond acceptors (Lipinski definition) is 5. The van der Waals surface area contributed by atoms with Gasteiger partial charge in [-0.1, -0.05) is 0 Å². The summed E-state index contributed by atoms with van der Waals surface area (Å²) in [7, 11) is 0. The molecule has 2 aromatic rings. The summed E-state index contributed by atoms with van der Waals surface area (Å²) in [5.41, 5.74) is 11.6. The maximum absolute atomic E-state index is 11.7. The van der Waals surface area contributed by atoms with Gasteiger partial charge in [-0.2, -0.15) is 0 Å². The van der Waals surface area contributed by atoms with Gasteiger partial charge in [-0.25, -0.2) is 0 Å². The molecule has 1 aromatic heterocycles. The fourth-order valence-corrected chi connectivity index (χ4v) is 2.28. The number of anilines is 2. The lowest BCUT2D eigenvalue weighted by Gasteiger charge is -2.07. The van der Waals surface area contributed by atoms with Crippen molar-refractivity contribution < 1.29 is 14.3 Å². The third-order valence-corrected chi connectivity index (χ3v) is 3.26. The van der Waals surface area contributed by atoms with Gasteiger partial charge < -0.3 is 21.5 Å². The first-order valence-corrected chi connectivity index (χ1v) is 6.59. The summed E-state index contributed by atoms with van der Waals surface area (Å²) in [6.45, 7) is -0.167. The van der Waals surface area contributed by atoms with Crippen LogP contribution in [0.2, 0.25) is 0 Å². The summed E-state index contributed by atoms with van der Waals surface area (Å²) in [5, 5.41) is 4.68. The molecule has 0 spiro atoms. The number of thiophene rings is 1. The lowest BCUT2D eigenvalue weighted by Crippen LogP contribution is -2.21. The maximum atomic E-state index is 11.7. The molecule has 0 radical (unpaired) electrons. The van der Waals surface area contributed by atoms with Crippen LogP contribution in [-0.2, 0) is 4.79 Å². The second kappa shape index (κ2) is 6.07. The Kier molecular flexibility index (Phi) is 4.21. The predicted molar refractivity (Wildman–Crippen MR) is 77.8 cm³/mol. The van der Waals surface area contributed by atoms with Gasteiger partial charge in [0.1, 0.15) is 10.8 Å². The normalized spacial score (nSPS) is 10.0. The van der Waals surface area contributed by atoms with Crippen LogP contribution in [0.15, 0.2) is 35.7 Å². The second-order valence-corrected chi connectivity index (χ2v) is 4.85. The Labute approximate surface area is 119 Å². The molecule has 20 heavy (non-hydrogen) atoms. The molecule has 5 N–H and O–H groups in total. The van der Waals surface area contributed by atoms with Gasteiger partial charge in [0.15, 0.2) is 6.61 Å². The lowest BCUT2D eigenvalue weighted by atomic mass is 10.3. The van der Waals surface area contributed by atoms with Crippen LogP contribution in [0.25, 0.3) is 0 Å². The number of rotatable bonds is 5. The van der Waals surface area contributed by atoms with E-state index in [1.165, 1.54) is 11.3 Å². The van der Waals surface area contributed by atoms with Crippen molar-refractivity contribution in [3.8, 4) is 5.75 Å². The van der Waals surface area contributed by atoms with Crippen molar-refractivity contribution in [2.75, 3.05) is 17.7 Å². The van der Waals surface area contributed by atoms with Crippen LogP contribution >= 0.6 is 11.3 Å². The number of ether oxygens (including phenoxy) is 1. The average molecular weight is 291 g/mol. The third-order valence-electron chi connectivity index (χ3n) is 2.43. The zero-order valence-electron chi connectivity index (χ0n) is 10.5. The number of carbonyl (C=O) groups excluding carboxylic acids is 2. The van der Waals surface area contributed by atoms with Crippen LogP contribution in [0.3, 0.4) is 0 Å². The first kappa shape index (κ1) is 13.9. The molecule has 0 fully saturated rings. The number of nitrogen functional groups attached to an aromatic ring is 1. The van der Waals surface area contributed by atoms with Crippen molar-refractivity contribution in [1.82, 2.24) is 0 Å². The Morgan fingerprint density at radius 2 is 1.90 bits per heavy atom. The first-order chi connectivity index (χ1) is 9.56. The van der Waals surface area contributed by atoms with Crippen LogP contribution in [0.5, 0.6) is 5.75 Å². The third kappa shape index (κ3) is 3.48. The summed E-state index contributed by atoms with van der Waals surface area (Å²) < 4.78 is 5.29. The second-order valence-electron chi connectivity index (χ2n) is 3.93. The summed E-state index contributed by atoms with van der Waals surface area (Å²) >= 11 is 1.22. The maximum Gasteiger partial charge on any atom is 0.262 e. The van der Waals surface area contributed by atoms with Crippen molar-refractivity contribution in [1.29, 1.82) is 0 Å². The number of nitrogens with one attached hydrogen (secondary N) is 1. The first-order valence-electron chi connectivity index (χ1n) is 5.72. The van der Waals surface area contributed by atoms with Crippen molar-refractivity contribution in [2.24, 2.45) is 5.73 Å². The molecule has 104 valence electrons. The number of benzene rings is 1. The van der Waals surface area contributed by atoms with Gasteiger partial charge in [-0.3, -0.25) is 9.59 Å². The van der Waals surface area contributed by atoms with Gasteiger partial charge in [-0.15, -0.1) is 11.3 Å². The molecule has 0 saturated heterocycles. The highest BCUT2D eigenvalue weighted by Crippen LogP contribution is 2.22. The molecule has 0 aliphatic heterocycles. The monoisotopic (exact) mass is 291 g/mol. The smallest absolute Gasteiger partial charge is 0.262 e. The van der Waals surface area contributed by atoms with Gasteiger partial charge in [0.2, 0.25) is 0 Å². The van der Waals surface area contributed by atoms with E-state index < -0.39 is 5.91 Å². The van der Waals surface area contributed by atoms with E-state index in [-0.39, 0.29) is 18.1 Å². The molecular formula is C13H13N3O3S. The van der Waals surface area contributed by atoms with E-state index >= 15 is 0 Å². The molecule has 6 nitrogen and oxygen atoms in total. The zero-order valence-corrected chi connectivity index (χ0v) is 11.3. The van der Waals surface area contributed by atoms with E-state index in [9.17, 15) is 9.59 Å². The van der Waals surface area contributed by atoms with E-state index in [4.69, 9.17) is 16.2 Å². The molecule has 0 aliphatic rings. The quantitative estimate of drug-likeness (QED) is 0.724. The van der Waals surface area contributed by atoms with Crippen molar-refractivity contribution in [3.63, 3.8) is 0 Å².